The van der Waals surface area contributed by atoms with Gasteiger partial charge < -0.3 is 10.1 Å². The lowest BCUT2D eigenvalue weighted by Crippen LogP contribution is -2.02. The smallest absolute Gasteiger partial charge is 0.390 e. The molecule has 0 saturated carbocycles. The second-order valence-corrected chi connectivity index (χ2v) is 2.94. The van der Waals surface area contributed by atoms with Gasteiger partial charge in [-0.05, 0) is 9.91 Å². The number of hydrogen-bond acceptors (Lipinski definition) is 4. The van der Waals surface area contributed by atoms with Gasteiger partial charge in [0.25, 0.3) is 4.73 Å². The van der Waals surface area contributed by atoms with Crippen LogP contribution in [0.2, 0.25) is 0 Å². The predicted molar refractivity (Wildman–Crippen MR) is 45.1 cm³/mol. The quantitative estimate of drug-likeness (QED) is 0.462. The SMILES string of the molecule is O=[N+]([O-])c1nc(Br)n(CCCl)n1. The van der Waals surface area contributed by atoms with Crippen molar-refractivity contribution in [2.75, 3.05) is 5.88 Å². The molecule has 0 N–H and O–H groups in total. The van der Waals surface area contributed by atoms with Gasteiger partial charge in [-0.1, -0.05) is 0 Å². The third-order valence-corrected chi connectivity index (χ3v) is 1.83. The van der Waals surface area contributed by atoms with Crippen LogP contribution >= 0.6 is 27.5 Å². The molecular formula is C4H4BrClN4O2. The second-order valence-electron chi connectivity index (χ2n) is 1.85. The summed E-state index contributed by atoms with van der Waals surface area (Å²) in [6.07, 6.45) is 0. The molecule has 0 aliphatic heterocycles. The lowest BCUT2D eigenvalue weighted by Gasteiger charge is -1.88. The van der Waals surface area contributed by atoms with Crippen molar-refractivity contribution in [1.29, 1.82) is 0 Å². The average molecular weight is 255 g/mol. The molecule has 0 unspecified atom stereocenters. The lowest BCUT2D eigenvalue weighted by atomic mass is 10.8. The van der Waals surface area contributed by atoms with Crippen LogP contribution in [0.4, 0.5) is 5.95 Å². The molecule has 1 aromatic heterocycles. The van der Waals surface area contributed by atoms with E-state index in [9.17, 15) is 10.1 Å². The van der Waals surface area contributed by atoms with Crippen molar-refractivity contribution >= 4 is 33.5 Å². The molecule has 6 nitrogen and oxygen atoms in total. The number of nitrogens with zero attached hydrogens (tertiary/aromatic N) is 4. The Morgan fingerprint density at radius 3 is 2.83 bits per heavy atom. The maximum Gasteiger partial charge on any atom is 0.492 e. The molecule has 0 aromatic carbocycles. The van der Waals surface area contributed by atoms with Gasteiger partial charge in [0.2, 0.25) is 0 Å². The molecule has 0 fully saturated rings. The number of aromatic nitrogens is 3. The van der Waals surface area contributed by atoms with Crippen molar-refractivity contribution in [3.8, 4) is 0 Å². The normalized spacial score (nSPS) is 10.2. The molecule has 0 amide bonds. The molecule has 1 aromatic rings. The minimum absolute atomic E-state index is 0.315. The highest BCUT2D eigenvalue weighted by atomic mass is 79.9. The monoisotopic (exact) mass is 254 g/mol. The molecular weight excluding hydrogens is 251 g/mol. The van der Waals surface area contributed by atoms with Crippen LogP contribution in [0.15, 0.2) is 4.73 Å². The minimum atomic E-state index is -0.657. The summed E-state index contributed by atoms with van der Waals surface area (Å²) in [5.74, 6) is -0.0916. The summed E-state index contributed by atoms with van der Waals surface area (Å²) >= 11 is 8.43. The Labute approximate surface area is 80.8 Å². The number of aryl methyl sites for hydroxylation is 1. The predicted octanol–water partition coefficient (Wildman–Crippen LogP) is 1.19. The van der Waals surface area contributed by atoms with E-state index in [0.29, 0.717) is 17.2 Å². The van der Waals surface area contributed by atoms with Crippen LogP contribution in [-0.4, -0.2) is 25.6 Å². The third kappa shape index (κ3) is 1.92. The molecule has 0 bridgehead atoms. The fourth-order valence-corrected chi connectivity index (χ4v) is 1.19. The first-order valence-electron chi connectivity index (χ1n) is 2.96. The van der Waals surface area contributed by atoms with E-state index in [1.165, 1.54) is 4.68 Å². The van der Waals surface area contributed by atoms with Crippen LogP contribution in [-0.2, 0) is 6.54 Å². The molecule has 66 valence electrons. The summed E-state index contributed by atoms with van der Waals surface area (Å²) < 4.78 is 1.64. The Balaban J connectivity index is 2.92. The fourth-order valence-electron chi connectivity index (χ4n) is 0.611. The zero-order valence-corrected chi connectivity index (χ0v) is 8.12. The van der Waals surface area contributed by atoms with Gasteiger partial charge in [-0.25, -0.2) is 0 Å². The maximum atomic E-state index is 10.2. The van der Waals surface area contributed by atoms with Crippen LogP contribution in [0.1, 0.15) is 0 Å². The Hall–Kier alpha value is -0.690. The van der Waals surface area contributed by atoms with Crippen molar-refractivity contribution in [1.82, 2.24) is 14.8 Å². The fraction of sp³-hybridized carbons (Fsp3) is 0.500. The van der Waals surface area contributed by atoms with Crippen LogP contribution < -0.4 is 0 Å². The van der Waals surface area contributed by atoms with Gasteiger partial charge in [0.05, 0.1) is 6.54 Å². The van der Waals surface area contributed by atoms with Gasteiger partial charge in [-0.15, -0.1) is 11.6 Å². The molecule has 0 saturated heterocycles. The zero-order valence-electron chi connectivity index (χ0n) is 5.78. The van der Waals surface area contributed by atoms with Crippen molar-refractivity contribution in [3.05, 3.63) is 14.8 Å². The lowest BCUT2D eigenvalue weighted by molar-refractivity contribution is -0.394. The van der Waals surface area contributed by atoms with Crippen molar-refractivity contribution in [2.45, 2.75) is 6.54 Å². The number of rotatable bonds is 3. The van der Waals surface area contributed by atoms with E-state index in [-0.39, 0.29) is 0 Å². The van der Waals surface area contributed by atoms with E-state index < -0.39 is 10.9 Å². The Kier molecular flexibility index (Phi) is 2.99. The maximum absolute atomic E-state index is 10.2. The number of halogens is 2. The number of hydrogen-bond donors (Lipinski definition) is 0. The van der Waals surface area contributed by atoms with E-state index in [2.05, 4.69) is 26.0 Å². The molecule has 0 spiro atoms. The summed E-state index contributed by atoms with van der Waals surface area (Å²) in [6.45, 7) is 0.392. The molecule has 0 aliphatic carbocycles. The second kappa shape index (κ2) is 3.81. The molecule has 12 heavy (non-hydrogen) atoms. The van der Waals surface area contributed by atoms with Crippen LogP contribution in [0.5, 0.6) is 0 Å². The zero-order chi connectivity index (χ0) is 9.14. The Morgan fingerprint density at radius 1 is 1.75 bits per heavy atom. The summed E-state index contributed by atoms with van der Waals surface area (Å²) in [6, 6.07) is 0. The van der Waals surface area contributed by atoms with Crippen LogP contribution in [0, 0.1) is 10.1 Å². The van der Waals surface area contributed by atoms with E-state index in [0.717, 1.165) is 0 Å². The Bertz CT molecular complexity index is 301. The Morgan fingerprint density at radius 2 is 2.42 bits per heavy atom. The summed E-state index contributed by atoms with van der Waals surface area (Å²) in [7, 11) is 0. The molecule has 1 heterocycles. The summed E-state index contributed by atoms with van der Waals surface area (Å²) in [5, 5.41) is 13.8. The summed E-state index contributed by atoms with van der Waals surface area (Å²) in [5.41, 5.74) is 0. The average Bonchev–Trinajstić information content (AvgIpc) is 2.34. The van der Waals surface area contributed by atoms with Gasteiger partial charge in [0.1, 0.15) is 0 Å². The molecule has 0 aliphatic rings. The highest BCUT2D eigenvalue weighted by molar-refractivity contribution is 9.10. The largest absolute Gasteiger partial charge is 0.492 e. The molecule has 0 atom stereocenters. The van der Waals surface area contributed by atoms with Crippen LogP contribution in [0.3, 0.4) is 0 Å². The first-order valence-corrected chi connectivity index (χ1v) is 4.28. The van der Waals surface area contributed by atoms with E-state index in [1.807, 2.05) is 0 Å². The van der Waals surface area contributed by atoms with E-state index in [4.69, 9.17) is 11.6 Å². The highest BCUT2D eigenvalue weighted by Crippen LogP contribution is 2.11. The molecule has 1 rings (SSSR count). The van der Waals surface area contributed by atoms with Gasteiger partial charge >= 0.3 is 5.95 Å². The first kappa shape index (κ1) is 9.40. The molecule has 0 radical (unpaired) electrons. The van der Waals surface area contributed by atoms with Gasteiger partial charge in [-0.3, -0.25) is 0 Å². The highest BCUT2D eigenvalue weighted by Gasteiger charge is 2.18. The molecule has 8 heteroatoms. The van der Waals surface area contributed by atoms with Gasteiger partial charge in [0.15, 0.2) is 0 Å². The van der Waals surface area contributed by atoms with Crippen molar-refractivity contribution in [3.63, 3.8) is 0 Å². The standard InChI is InChI=1S/C4H4BrClN4O2/c5-3-7-4(10(11)12)8-9(3)2-1-6/h1-2H2. The van der Waals surface area contributed by atoms with E-state index in [1.54, 1.807) is 0 Å². The van der Waals surface area contributed by atoms with Crippen molar-refractivity contribution in [2.24, 2.45) is 0 Å². The number of nitro groups is 1. The third-order valence-electron chi connectivity index (χ3n) is 1.08. The van der Waals surface area contributed by atoms with Crippen LogP contribution in [0.25, 0.3) is 0 Å². The van der Waals surface area contributed by atoms with Crippen molar-refractivity contribution < 1.29 is 4.92 Å². The minimum Gasteiger partial charge on any atom is -0.390 e. The van der Waals surface area contributed by atoms with Gasteiger partial charge in [-0.2, -0.15) is 4.68 Å². The van der Waals surface area contributed by atoms with E-state index >= 15 is 0 Å². The summed E-state index contributed by atoms with van der Waals surface area (Å²) in [4.78, 5) is 13.1. The first-order chi connectivity index (χ1) is 5.65. The number of alkyl halides is 1. The van der Waals surface area contributed by atoms with Gasteiger partial charge in [0, 0.05) is 26.9 Å². The topological polar surface area (TPSA) is 73.8 Å².